The molecule has 3 atom stereocenters. The van der Waals surface area contributed by atoms with Crippen LogP contribution in [0.2, 0.25) is 0 Å². The number of amides is 1. The van der Waals surface area contributed by atoms with Gasteiger partial charge in [0.1, 0.15) is 0 Å². The first-order valence-corrected chi connectivity index (χ1v) is 10.9. The molecular formula is C19H27NO3S. The molecule has 0 aromatic heterocycles. The molecule has 1 aromatic rings. The van der Waals surface area contributed by atoms with Crippen LogP contribution in [0.4, 0.5) is 0 Å². The Morgan fingerprint density at radius 1 is 1.17 bits per heavy atom. The normalized spacial score (nSPS) is 26.8. The van der Waals surface area contributed by atoms with Gasteiger partial charge >= 0.3 is 0 Å². The first kappa shape index (κ1) is 17.5. The molecular weight excluding hydrogens is 322 g/mol. The van der Waals surface area contributed by atoms with Gasteiger partial charge in [0.15, 0.2) is 9.84 Å². The highest BCUT2D eigenvalue weighted by molar-refractivity contribution is 7.91. The quantitative estimate of drug-likeness (QED) is 0.840. The van der Waals surface area contributed by atoms with Gasteiger partial charge in [-0.2, -0.15) is 0 Å². The molecule has 1 amide bonds. The van der Waals surface area contributed by atoms with E-state index in [4.69, 9.17) is 0 Å². The van der Waals surface area contributed by atoms with Gasteiger partial charge in [-0.3, -0.25) is 4.79 Å². The zero-order valence-corrected chi connectivity index (χ0v) is 15.4. The standard InChI is InChI=1S/C19H27NO3S/c1-20(17-11-6-12-18(17)24(2,22)23)19(21)13-15-9-5-8-14-7-3-4-10-16(14)15/h3-4,7,10,15,17-18H,5-6,8-9,11-13H2,1-2H3/t15-,17+,18-/m0/s1. The van der Waals surface area contributed by atoms with E-state index in [2.05, 4.69) is 18.2 Å². The van der Waals surface area contributed by atoms with Crippen LogP contribution in [0.15, 0.2) is 24.3 Å². The second-order valence-electron chi connectivity index (χ2n) is 7.36. The van der Waals surface area contributed by atoms with Crippen molar-refractivity contribution in [1.29, 1.82) is 0 Å². The van der Waals surface area contributed by atoms with Crippen molar-refractivity contribution >= 4 is 15.7 Å². The molecule has 0 N–H and O–H groups in total. The monoisotopic (exact) mass is 349 g/mol. The van der Waals surface area contributed by atoms with Crippen LogP contribution in [0.3, 0.4) is 0 Å². The van der Waals surface area contributed by atoms with Crippen molar-refractivity contribution in [2.75, 3.05) is 13.3 Å². The van der Waals surface area contributed by atoms with Gasteiger partial charge in [-0.25, -0.2) is 8.42 Å². The molecule has 0 radical (unpaired) electrons. The summed E-state index contributed by atoms with van der Waals surface area (Å²) in [6, 6.07) is 8.24. The molecule has 0 spiro atoms. The minimum absolute atomic E-state index is 0.0808. The largest absolute Gasteiger partial charge is 0.341 e. The summed E-state index contributed by atoms with van der Waals surface area (Å²) in [6.45, 7) is 0. The van der Waals surface area contributed by atoms with Gasteiger partial charge in [-0.05, 0) is 55.6 Å². The van der Waals surface area contributed by atoms with E-state index < -0.39 is 15.1 Å². The van der Waals surface area contributed by atoms with E-state index in [9.17, 15) is 13.2 Å². The minimum atomic E-state index is -3.11. The third-order valence-corrected chi connectivity index (χ3v) is 7.42. The molecule has 2 aliphatic carbocycles. The molecule has 24 heavy (non-hydrogen) atoms. The second-order valence-corrected chi connectivity index (χ2v) is 9.63. The van der Waals surface area contributed by atoms with Crippen LogP contribution in [0, 0.1) is 0 Å². The molecule has 0 aliphatic heterocycles. The number of hydrogen-bond acceptors (Lipinski definition) is 3. The molecule has 2 aliphatic rings. The predicted molar refractivity (Wildman–Crippen MR) is 95.8 cm³/mol. The summed E-state index contributed by atoms with van der Waals surface area (Å²) in [5, 5.41) is -0.398. The molecule has 4 nitrogen and oxygen atoms in total. The summed E-state index contributed by atoms with van der Waals surface area (Å²) >= 11 is 0. The van der Waals surface area contributed by atoms with E-state index >= 15 is 0 Å². The lowest BCUT2D eigenvalue weighted by Crippen LogP contribution is -2.44. The van der Waals surface area contributed by atoms with Crippen LogP contribution in [0.25, 0.3) is 0 Å². The van der Waals surface area contributed by atoms with Gasteiger partial charge in [0, 0.05) is 25.8 Å². The zero-order chi connectivity index (χ0) is 17.3. The molecule has 0 saturated heterocycles. The van der Waals surface area contributed by atoms with E-state index in [1.54, 1.807) is 11.9 Å². The Hall–Kier alpha value is -1.36. The summed E-state index contributed by atoms with van der Waals surface area (Å²) in [7, 11) is -1.32. The molecule has 1 saturated carbocycles. The first-order chi connectivity index (χ1) is 11.4. The Morgan fingerprint density at radius 3 is 2.67 bits per heavy atom. The Bertz CT molecular complexity index is 713. The second kappa shape index (κ2) is 6.87. The van der Waals surface area contributed by atoms with E-state index in [0.29, 0.717) is 12.8 Å². The number of nitrogens with zero attached hydrogens (tertiary/aromatic N) is 1. The smallest absolute Gasteiger partial charge is 0.223 e. The van der Waals surface area contributed by atoms with Gasteiger partial charge in [0.2, 0.25) is 5.91 Å². The fraction of sp³-hybridized carbons (Fsp3) is 0.632. The third-order valence-electron chi connectivity index (χ3n) is 5.77. The molecule has 5 heteroatoms. The molecule has 0 heterocycles. The average molecular weight is 349 g/mol. The van der Waals surface area contributed by atoms with E-state index in [0.717, 1.165) is 32.1 Å². The average Bonchev–Trinajstić information content (AvgIpc) is 3.04. The molecule has 132 valence electrons. The first-order valence-electron chi connectivity index (χ1n) is 8.90. The maximum atomic E-state index is 12.8. The van der Waals surface area contributed by atoms with Crippen LogP contribution in [0.5, 0.6) is 0 Å². The van der Waals surface area contributed by atoms with Crippen LogP contribution >= 0.6 is 0 Å². The molecule has 3 rings (SSSR count). The van der Waals surface area contributed by atoms with Crippen LogP contribution in [-0.4, -0.2) is 43.8 Å². The summed E-state index contributed by atoms with van der Waals surface area (Å²) in [5.41, 5.74) is 2.66. The lowest BCUT2D eigenvalue weighted by molar-refractivity contribution is -0.132. The van der Waals surface area contributed by atoms with Crippen molar-refractivity contribution in [3.63, 3.8) is 0 Å². The van der Waals surface area contributed by atoms with E-state index in [-0.39, 0.29) is 17.9 Å². The Balaban J connectivity index is 1.71. The Kier molecular flexibility index (Phi) is 5.00. The topological polar surface area (TPSA) is 54.5 Å². The zero-order valence-electron chi connectivity index (χ0n) is 14.6. The van der Waals surface area contributed by atoms with Crippen molar-refractivity contribution < 1.29 is 13.2 Å². The Labute approximate surface area is 145 Å². The number of benzene rings is 1. The van der Waals surface area contributed by atoms with Gasteiger partial charge in [0.05, 0.1) is 5.25 Å². The number of carbonyl (C=O) groups is 1. The van der Waals surface area contributed by atoms with Crippen molar-refractivity contribution in [3.8, 4) is 0 Å². The number of carbonyl (C=O) groups excluding carboxylic acids is 1. The van der Waals surface area contributed by atoms with Gasteiger partial charge < -0.3 is 4.90 Å². The maximum absolute atomic E-state index is 12.8. The highest BCUT2D eigenvalue weighted by atomic mass is 32.2. The van der Waals surface area contributed by atoms with Crippen LogP contribution < -0.4 is 0 Å². The van der Waals surface area contributed by atoms with Crippen LogP contribution in [0.1, 0.15) is 55.6 Å². The number of aryl methyl sites for hydroxylation is 1. The highest BCUT2D eigenvalue weighted by Gasteiger charge is 2.39. The van der Waals surface area contributed by atoms with Crippen molar-refractivity contribution in [2.24, 2.45) is 0 Å². The summed E-state index contributed by atoms with van der Waals surface area (Å²) in [5.74, 6) is 0.347. The van der Waals surface area contributed by atoms with Gasteiger partial charge in [0.25, 0.3) is 0 Å². The minimum Gasteiger partial charge on any atom is -0.341 e. The molecule has 1 aromatic carbocycles. The van der Waals surface area contributed by atoms with Crippen molar-refractivity contribution in [1.82, 2.24) is 4.90 Å². The maximum Gasteiger partial charge on any atom is 0.223 e. The van der Waals surface area contributed by atoms with E-state index in [1.807, 2.05) is 6.07 Å². The van der Waals surface area contributed by atoms with E-state index in [1.165, 1.54) is 17.4 Å². The van der Waals surface area contributed by atoms with Crippen molar-refractivity contribution in [2.45, 2.75) is 62.2 Å². The number of hydrogen-bond donors (Lipinski definition) is 0. The molecule has 0 unspecified atom stereocenters. The number of fused-ring (bicyclic) bond motifs is 1. The third kappa shape index (κ3) is 3.51. The van der Waals surface area contributed by atoms with Crippen LogP contribution in [-0.2, 0) is 21.1 Å². The molecule has 0 bridgehead atoms. The van der Waals surface area contributed by atoms with Gasteiger partial charge in [-0.15, -0.1) is 0 Å². The fourth-order valence-electron chi connectivity index (χ4n) is 4.46. The summed E-state index contributed by atoms with van der Waals surface area (Å²) < 4.78 is 24.0. The molecule has 1 fully saturated rings. The number of sulfone groups is 1. The van der Waals surface area contributed by atoms with Crippen molar-refractivity contribution in [3.05, 3.63) is 35.4 Å². The fourth-order valence-corrected chi connectivity index (χ4v) is 5.94. The lowest BCUT2D eigenvalue weighted by Gasteiger charge is -2.31. The van der Waals surface area contributed by atoms with Gasteiger partial charge in [-0.1, -0.05) is 24.3 Å². The highest BCUT2D eigenvalue weighted by Crippen LogP contribution is 2.35. The SMILES string of the molecule is CN(C(=O)C[C@@H]1CCCc2ccccc21)[C@@H]1CCC[C@@H]1S(C)(=O)=O. The predicted octanol–water partition coefficient (Wildman–Crippen LogP) is 2.92. The Morgan fingerprint density at radius 2 is 1.92 bits per heavy atom. The summed E-state index contributed by atoms with van der Waals surface area (Å²) in [6.07, 6.45) is 7.38. The summed E-state index contributed by atoms with van der Waals surface area (Å²) in [4.78, 5) is 14.5. The number of rotatable bonds is 4. The lowest BCUT2D eigenvalue weighted by atomic mass is 9.81.